The third-order valence-corrected chi connectivity index (χ3v) is 3.79. The Balaban J connectivity index is 1.68. The zero-order valence-electron chi connectivity index (χ0n) is 14.7. The third-order valence-electron chi connectivity index (χ3n) is 3.79. The van der Waals surface area contributed by atoms with E-state index in [1.165, 1.54) is 30.7 Å². The predicted octanol–water partition coefficient (Wildman–Crippen LogP) is 3.84. The highest BCUT2D eigenvalue weighted by atomic mass is 19.1. The number of carbonyl (C=O) groups is 2. The summed E-state index contributed by atoms with van der Waals surface area (Å²) >= 11 is 0. The fourth-order valence-electron chi connectivity index (χ4n) is 2.40. The van der Waals surface area contributed by atoms with Gasteiger partial charge in [-0.25, -0.2) is 9.18 Å². The Morgan fingerprint density at radius 2 is 1.96 bits per heavy atom. The van der Waals surface area contributed by atoms with E-state index in [1.807, 2.05) is 6.92 Å². The SMILES string of the molecule is CCn1cc(NC(=O)Nc2ccc(F)c(NC(=O)c3ccoc3C)c2)cn1. The fourth-order valence-corrected chi connectivity index (χ4v) is 2.40. The quantitative estimate of drug-likeness (QED) is 0.634. The molecule has 0 atom stereocenters. The number of carbonyl (C=O) groups excluding carboxylic acids is 2. The van der Waals surface area contributed by atoms with Crippen LogP contribution in [0.25, 0.3) is 0 Å². The van der Waals surface area contributed by atoms with Gasteiger partial charge in [-0.1, -0.05) is 0 Å². The topological polar surface area (TPSA) is 101 Å². The summed E-state index contributed by atoms with van der Waals surface area (Å²) in [6, 6.07) is 4.86. The van der Waals surface area contributed by atoms with Gasteiger partial charge in [0.2, 0.25) is 0 Å². The van der Waals surface area contributed by atoms with E-state index in [0.717, 1.165) is 6.07 Å². The van der Waals surface area contributed by atoms with Gasteiger partial charge >= 0.3 is 6.03 Å². The van der Waals surface area contributed by atoms with Crippen LogP contribution in [0.5, 0.6) is 0 Å². The molecule has 3 aromatic rings. The Kier molecular flexibility index (Phi) is 5.20. The number of nitrogens with zero attached hydrogens (tertiary/aromatic N) is 2. The number of hydrogen-bond donors (Lipinski definition) is 3. The Morgan fingerprint density at radius 1 is 1.19 bits per heavy atom. The molecule has 0 unspecified atom stereocenters. The van der Waals surface area contributed by atoms with Crippen LogP contribution < -0.4 is 16.0 Å². The summed E-state index contributed by atoms with van der Waals surface area (Å²) in [7, 11) is 0. The number of amides is 3. The summed E-state index contributed by atoms with van der Waals surface area (Å²) in [5, 5.41) is 11.7. The average molecular weight is 371 g/mol. The van der Waals surface area contributed by atoms with Gasteiger partial charge in [0.25, 0.3) is 5.91 Å². The molecule has 1 aromatic carbocycles. The molecule has 0 spiro atoms. The Labute approximate surface area is 154 Å². The minimum absolute atomic E-state index is 0.0581. The largest absolute Gasteiger partial charge is 0.469 e. The van der Waals surface area contributed by atoms with Crippen molar-refractivity contribution in [2.75, 3.05) is 16.0 Å². The van der Waals surface area contributed by atoms with Crippen molar-refractivity contribution < 1.29 is 18.4 Å². The van der Waals surface area contributed by atoms with Gasteiger partial charge in [-0.15, -0.1) is 0 Å². The molecule has 3 N–H and O–H groups in total. The number of aromatic nitrogens is 2. The van der Waals surface area contributed by atoms with Crippen molar-refractivity contribution in [3.63, 3.8) is 0 Å². The summed E-state index contributed by atoms with van der Waals surface area (Å²) < 4.78 is 20.8. The van der Waals surface area contributed by atoms with Crippen molar-refractivity contribution in [1.82, 2.24) is 9.78 Å². The number of aryl methyl sites for hydroxylation is 2. The molecule has 0 fully saturated rings. The second kappa shape index (κ2) is 7.73. The second-order valence-corrected chi connectivity index (χ2v) is 5.70. The van der Waals surface area contributed by atoms with E-state index in [4.69, 9.17) is 4.42 Å². The second-order valence-electron chi connectivity index (χ2n) is 5.70. The van der Waals surface area contributed by atoms with Gasteiger partial charge < -0.3 is 20.4 Å². The number of nitrogens with one attached hydrogen (secondary N) is 3. The molecule has 140 valence electrons. The van der Waals surface area contributed by atoms with E-state index < -0.39 is 17.8 Å². The average Bonchev–Trinajstić information content (AvgIpc) is 3.26. The number of halogens is 1. The first-order chi connectivity index (χ1) is 13.0. The van der Waals surface area contributed by atoms with E-state index in [1.54, 1.807) is 17.8 Å². The van der Waals surface area contributed by atoms with Crippen molar-refractivity contribution in [2.45, 2.75) is 20.4 Å². The minimum Gasteiger partial charge on any atom is -0.469 e. The summed E-state index contributed by atoms with van der Waals surface area (Å²) in [6.07, 6.45) is 4.58. The Hall–Kier alpha value is -3.62. The maximum absolute atomic E-state index is 14.0. The number of rotatable bonds is 5. The highest BCUT2D eigenvalue weighted by Gasteiger charge is 2.14. The molecule has 0 saturated carbocycles. The maximum atomic E-state index is 14.0. The highest BCUT2D eigenvalue weighted by Crippen LogP contribution is 2.21. The number of furan rings is 1. The van der Waals surface area contributed by atoms with Crippen LogP contribution in [0, 0.1) is 12.7 Å². The lowest BCUT2D eigenvalue weighted by molar-refractivity contribution is 0.102. The number of anilines is 3. The molecule has 2 aromatic heterocycles. The molecule has 8 nitrogen and oxygen atoms in total. The molecule has 0 aliphatic rings. The lowest BCUT2D eigenvalue weighted by Crippen LogP contribution is -2.19. The van der Waals surface area contributed by atoms with E-state index in [-0.39, 0.29) is 5.69 Å². The van der Waals surface area contributed by atoms with Crippen molar-refractivity contribution >= 4 is 29.0 Å². The highest BCUT2D eigenvalue weighted by molar-refractivity contribution is 6.05. The fraction of sp³-hybridized carbons (Fsp3) is 0.167. The van der Waals surface area contributed by atoms with Crippen LogP contribution >= 0.6 is 0 Å². The first kappa shape index (κ1) is 18.2. The van der Waals surface area contributed by atoms with Gasteiger partial charge in [-0.05, 0) is 38.1 Å². The molecule has 3 rings (SSSR count). The Morgan fingerprint density at radius 3 is 2.63 bits per heavy atom. The van der Waals surface area contributed by atoms with Crippen molar-refractivity contribution in [2.24, 2.45) is 0 Å². The van der Waals surface area contributed by atoms with Crippen molar-refractivity contribution in [1.29, 1.82) is 0 Å². The first-order valence-corrected chi connectivity index (χ1v) is 8.21. The smallest absolute Gasteiger partial charge is 0.323 e. The summed E-state index contributed by atoms with van der Waals surface area (Å²) in [5.74, 6) is -0.706. The molecular weight excluding hydrogens is 353 g/mol. The molecule has 0 bridgehead atoms. The standard InChI is InChI=1S/C18H18FN5O3/c1-3-24-10-13(9-20-24)22-18(26)21-12-4-5-15(19)16(8-12)23-17(25)14-6-7-27-11(14)2/h4-10H,3H2,1-2H3,(H,23,25)(H2,21,22,26). The molecule has 3 amide bonds. The lowest BCUT2D eigenvalue weighted by Gasteiger charge is -2.10. The Bertz CT molecular complexity index is 979. The van der Waals surface area contributed by atoms with E-state index in [2.05, 4.69) is 21.0 Å². The molecule has 9 heteroatoms. The maximum Gasteiger partial charge on any atom is 0.323 e. The third kappa shape index (κ3) is 4.32. The lowest BCUT2D eigenvalue weighted by atomic mass is 10.2. The molecule has 0 aliphatic carbocycles. The zero-order chi connectivity index (χ0) is 19.4. The normalized spacial score (nSPS) is 10.5. The van der Waals surface area contributed by atoms with Gasteiger partial charge in [0, 0.05) is 18.4 Å². The predicted molar refractivity (Wildman–Crippen MR) is 98.3 cm³/mol. The van der Waals surface area contributed by atoms with Crippen LogP contribution in [0.4, 0.5) is 26.2 Å². The number of benzene rings is 1. The van der Waals surface area contributed by atoms with E-state index >= 15 is 0 Å². The minimum atomic E-state index is -0.625. The summed E-state index contributed by atoms with van der Waals surface area (Å²) in [6.45, 7) is 4.24. The van der Waals surface area contributed by atoms with Gasteiger partial charge in [0.1, 0.15) is 11.6 Å². The van der Waals surface area contributed by atoms with Crippen LogP contribution in [0.2, 0.25) is 0 Å². The van der Waals surface area contributed by atoms with Crippen LogP contribution in [-0.2, 0) is 6.54 Å². The van der Waals surface area contributed by atoms with Gasteiger partial charge in [-0.3, -0.25) is 9.48 Å². The number of hydrogen-bond acceptors (Lipinski definition) is 4. The van der Waals surface area contributed by atoms with Crippen LogP contribution in [0.15, 0.2) is 47.3 Å². The summed E-state index contributed by atoms with van der Waals surface area (Å²) in [4.78, 5) is 24.3. The van der Waals surface area contributed by atoms with E-state index in [9.17, 15) is 14.0 Å². The molecule has 27 heavy (non-hydrogen) atoms. The zero-order valence-corrected chi connectivity index (χ0v) is 14.7. The first-order valence-electron chi connectivity index (χ1n) is 8.21. The monoisotopic (exact) mass is 371 g/mol. The van der Waals surface area contributed by atoms with Crippen molar-refractivity contribution in [3.05, 3.63) is 60.1 Å². The molecule has 0 radical (unpaired) electrons. The van der Waals surface area contributed by atoms with Crippen molar-refractivity contribution in [3.8, 4) is 0 Å². The number of urea groups is 1. The molecular formula is C18H18FN5O3. The molecule has 0 aliphatic heterocycles. The van der Waals surface area contributed by atoms with Gasteiger partial charge in [0.15, 0.2) is 0 Å². The van der Waals surface area contributed by atoms with Gasteiger partial charge in [0.05, 0.1) is 29.4 Å². The van der Waals surface area contributed by atoms with Crippen LogP contribution in [0.1, 0.15) is 23.0 Å². The van der Waals surface area contributed by atoms with Gasteiger partial charge in [-0.2, -0.15) is 5.10 Å². The van der Waals surface area contributed by atoms with Crippen LogP contribution in [-0.4, -0.2) is 21.7 Å². The van der Waals surface area contributed by atoms with E-state index in [0.29, 0.717) is 29.2 Å². The molecule has 0 saturated heterocycles. The summed E-state index contributed by atoms with van der Waals surface area (Å²) in [5.41, 5.74) is 1.09. The molecule has 2 heterocycles. The van der Waals surface area contributed by atoms with Crippen LogP contribution in [0.3, 0.4) is 0 Å².